The van der Waals surface area contributed by atoms with Crippen molar-refractivity contribution in [1.29, 1.82) is 0 Å². The van der Waals surface area contributed by atoms with Crippen LogP contribution in [0.4, 0.5) is 11.6 Å². The molecule has 0 unspecified atom stereocenters. The molecule has 3 aromatic rings. The summed E-state index contributed by atoms with van der Waals surface area (Å²) in [7, 11) is -2.42. The predicted molar refractivity (Wildman–Crippen MR) is 95.3 cm³/mol. The minimum absolute atomic E-state index is 0.0422. The van der Waals surface area contributed by atoms with E-state index in [0.29, 0.717) is 17.6 Å². The zero-order valence-electron chi connectivity index (χ0n) is 13.3. The van der Waals surface area contributed by atoms with Gasteiger partial charge in [-0.05, 0) is 24.5 Å². The number of aromatic nitrogens is 4. The second-order valence-corrected chi connectivity index (χ2v) is 7.04. The highest BCUT2D eigenvalue weighted by molar-refractivity contribution is 7.71. The van der Waals surface area contributed by atoms with Gasteiger partial charge in [0.05, 0.1) is 5.75 Å². The Bertz CT molecular complexity index is 953. The van der Waals surface area contributed by atoms with E-state index in [1.54, 1.807) is 24.4 Å². The van der Waals surface area contributed by atoms with Gasteiger partial charge in [-0.3, -0.25) is 5.10 Å². The van der Waals surface area contributed by atoms with E-state index >= 15 is 0 Å². The van der Waals surface area contributed by atoms with Crippen LogP contribution in [0.1, 0.15) is 30.0 Å². The lowest BCUT2D eigenvalue weighted by molar-refractivity contribution is 0.614. The fourth-order valence-corrected chi connectivity index (χ4v) is 3.12. The van der Waals surface area contributed by atoms with Gasteiger partial charge in [0.2, 0.25) is 0 Å². The van der Waals surface area contributed by atoms with Crippen LogP contribution in [0.3, 0.4) is 0 Å². The van der Waals surface area contributed by atoms with E-state index in [2.05, 4.69) is 25.5 Å². The summed E-state index contributed by atoms with van der Waals surface area (Å²) in [6.45, 7) is 0. The van der Waals surface area contributed by atoms with Crippen molar-refractivity contribution in [3.05, 3.63) is 53.9 Å². The largest absolute Gasteiger partial charge is 0.323 e. The molecule has 0 atom stereocenters. The Kier molecular flexibility index (Phi) is 4.19. The molecule has 1 aliphatic carbocycles. The number of nitrogens with one attached hydrogen (secondary N) is 2. The molecule has 2 aromatic heterocycles. The molecular formula is C17H17N5O2S. The van der Waals surface area contributed by atoms with Crippen LogP contribution in [0.25, 0.3) is 11.4 Å². The normalized spacial score (nSPS) is 14.0. The Morgan fingerprint density at radius 1 is 1.12 bits per heavy atom. The minimum Gasteiger partial charge on any atom is -0.323 e. The van der Waals surface area contributed by atoms with Crippen LogP contribution < -0.4 is 5.32 Å². The highest BCUT2D eigenvalue weighted by Crippen LogP contribution is 2.39. The van der Waals surface area contributed by atoms with E-state index in [-0.39, 0.29) is 5.75 Å². The topological polar surface area (TPSA) is 101 Å². The predicted octanol–water partition coefficient (Wildman–Crippen LogP) is 2.60. The van der Waals surface area contributed by atoms with Gasteiger partial charge in [-0.1, -0.05) is 24.3 Å². The molecule has 0 spiro atoms. The average Bonchev–Trinajstić information content (AvgIpc) is 3.35. The Balaban J connectivity index is 1.51. The van der Waals surface area contributed by atoms with Crippen molar-refractivity contribution in [2.75, 3.05) is 5.32 Å². The molecule has 25 heavy (non-hydrogen) atoms. The molecule has 1 fully saturated rings. The number of hydrogen-bond donors (Lipinski definition) is 3. The lowest BCUT2D eigenvalue weighted by atomic mass is 10.1. The Morgan fingerprint density at radius 3 is 2.64 bits per heavy atom. The van der Waals surface area contributed by atoms with Gasteiger partial charge >= 0.3 is 0 Å². The molecule has 0 aliphatic heterocycles. The third-order valence-electron chi connectivity index (χ3n) is 4.05. The second-order valence-electron chi connectivity index (χ2n) is 6.06. The molecule has 8 heteroatoms. The molecule has 7 nitrogen and oxygen atoms in total. The van der Waals surface area contributed by atoms with Crippen LogP contribution in [-0.4, -0.2) is 28.6 Å². The van der Waals surface area contributed by atoms with Crippen molar-refractivity contribution in [2.24, 2.45) is 0 Å². The van der Waals surface area contributed by atoms with Crippen molar-refractivity contribution in [1.82, 2.24) is 20.2 Å². The summed E-state index contributed by atoms with van der Waals surface area (Å²) < 4.78 is 21.6. The molecule has 128 valence electrons. The van der Waals surface area contributed by atoms with Crippen LogP contribution in [0, 0.1) is 0 Å². The van der Waals surface area contributed by atoms with E-state index in [1.807, 2.05) is 18.2 Å². The van der Waals surface area contributed by atoms with Crippen LogP contribution in [0.5, 0.6) is 0 Å². The van der Waals surface area contributed by atoms with Crippen LogP contribution in [0.2, 0.25) is 0 Å². The summed E-state index contributed by atoms with van der Waals surface area (Å²) in [5.41, 5.74) is 2.73. The van der Waals surface area contributed by atoms with E-state index in [9.17, 15) is 8.42 Å². The SMILES string of the molecule is O=[SH](=O)Cc1ccc(-c2nccc(Nc3cc(C4CC4)[nH]n3)n2)cc1. The Morgan fingerprint density at radius 2 is 1.92 bits per heavy atom. The first-order chi connectivity index (χ1) is 12.2. The van der Waals surface area contributed by atoms with Crippen LogP contribution in [0.15, 0.2) is 42.6 Å². The summed E-state index contributed by atoms with van der Waals surface area (Å²) in [5, 5.41) is 10.5. The zero-order chi connectivity index (χ0) is 17.2. The summed E-state index contributed by atoms with van der Waals surface area (Å²) >= 11 is 0. The quantitative estimate of drug-likeness (QED) is 0.588. The van der Waals surface area contributed by atoms with Gasteiger partial charge in [-0.15, -0.1) is 0 Å². The third-order valence-corrected chi connectivity index (χ3v) is 4.67. The van der Waals surface area contributed by atoms with E-state index in [4.69, 9.17) is 0 Å². The molecule has 0 radical (unpaired) electrons. The van der Waals surface area contributed by atoms with Gasteiger partial charge in [0.1, 0.15) is 16.5 Å². The number of benzene rings is 1. The molecule has 0 amide bonds. The van der Waals surface area contributed by atoms with Crippen molar-refractivity contribution in [2.45, 2.75) is 24.5 Å². The van der Waals surface area contributed by atoms with Crippen LogP contribution in [-0.2, 0) is 16.5 Å². The summed E-state index contributed by atoms with van der Waals surface area (Å²) in [6.07, 6.45) is 4.12. The monoisotopic (exact) mass is 355 g/mol. The minimum atomic E-state index is -2.42. The van der Waals surface area contributed by atoms with Gasteiger partial charge in [0, 0.05) is 29.4 Å². The highest BCUT2D eigenvalue weighted by Gasteiger charge is 2.25. The van der Waals surface area contributed by atoms with Gasteiger partial charge in [-0.25, -0.2) is 18.4 Å². The second kappa shape index (κ2) is 6.64. The molecular weight excluding hydrogens is 338 g/mol. The number of hydrogen-bond acceptors (Lipinski definition) is 6. The number of H-pyrrole nitrogens is 1. The highest BCUT2D eigenvalue weighted by atomic mass is 32.2. The maximum Gasteiger partial charge on any atom is 0.161 e. The summed E-state index contributed by atoms with van der Waals surface area (Å²) in [6, 6.07) is 11.0. The first-order valence-electron chi connectivity index (χ1n) is 8.04. The molecule has 1 aliphatic rings. The zero-order valence-corrected chi connectivity index (χ0v) is 14.2. The van der Waals surface area contributed by atoms with Gasteiger partial charge in [-0.2, -0.15) is 5.10 Å². The smallest absolute Gasteiger partial charge is 0.161 e. The summed E-state index contributed by atoms with van der Waals surface area (Å²) in [5.74, 6) is 2.63. The van der Waals surface area contributed by atoms with Crippen molar-refractivity contribution >= 4 is 22.3 Å². The number of anilines is 2. The number of nitrogens with zero attached hydrogens (tertiary/aromatic N) is 3. The average molecular weight is 355 g/mol. The Hall–Kier alpha value is -2.74. The lowest BCUT2D eigenvalue weighted by Crippen LogP contribution is -1.97. The van der Waals surface area contributed by atoms with Crippen LogP contribution >= 0.6 is 0 Å². The first-order valence-corrected chi connectivity index (χ1v) is 9.40. The lowest BCUT2D eigenvalue weighted by Gasteiger charge is -2.05. The molecule has 0 bridgehead atoms. The fraction of sp³-hybridized carbons (Fsp3) is 0.235. The Labute approximate surface area is 146 Å². The number of aromatic amines is 1. The third kappa shape index (κ3) is 3.85. The van der Waals surface area contributed by atoms with Crippen molar-refractivity contribution in [3.63, 3.8) is 0 Å². The fourth-order valence-electron chi connectivity index (χ4n) is 2.61. The number of rotatable bonds is 6. The first kappa shape index (κ1) is 15.8. The maximum atomic E-state index is 10.8. The van der Waals surface area contributed by atoms with E-state index < -0.39 is 10.7 Å². The van der Waals surface area contributed by atoms with Crippen molar-refractivity contribution in [3.8, 4) is 11.4 Å². The molecule has 4 rings (SSSR count). The van der Waals surface area contributed by atoms with Gasteiger partial charge < -0.3 is 5.32 Å². The van der Waals surface area contributed by atoms with Gasteiger partial charge in [0.15, 0.2) is 11.6 Å². The number of thiol groups is 1. The summed E-state index contributed by atoms with van der Waals surface area (Å²) in [4.78, 5) is 8.79. The van der Waals surface area contributed by atoms with Crippen molar-refractivity contribution < 1.29 is 8.42 Å². The molecule has 2 N–H and O–H groups in total. The molecule has 2 heterocycles. The van der Waals surface area contributed by atoms with E-state index in [1.165, 1.54) is 12.8 Å². The molecule has 0 saturated heterocycles. The van der Waals surface area contributed by atoms with E-state index in [0.717, 1.165) is 22.6 Å². The standard InChI is InChI=1S/C17H17N5O2S/c23-25(24)10-11-1-3-13(4-2-11)17-18-8-7-15(20-17)19-16-9-14(21-22-16)12-5-6-12/h1-4,7-9,12,25H,5-6,10H2,(H2,18,19,20,21,22). The molecule has 1 aromatic carbocycles. The van der Waals surface area contributed by atoms with Gasteiger partial charge in [0.25, 0.3) is 0 Å². The molecule has 1 saturated carbocycles. The maximum absolute atomic E-state index is 10.8.